The summed E-state index contributed by atoms with van der Waals surface area (Å²) in [6, 6.07) is 21.9. The first kappa shape index (κ1) is 39.4. The number of hydrogen-bond donors (Lipinski definition) is 2. The summed E-state index contributed by atoms with van der Waals surface area (Å²) >= 11 is 13.9. The minimum absolute atomic E-state index is 0.00221. The van der Waals surface area contributed by atoms with Crippen LogP contribution in [0.2, 0.25) is 10.0 Å². The first-order chi connectivity index (χ1) is 26.4. The summed E-state index contributed by atoms with van der Waals surface area (Å²) in [5, 5.41) is 7.73. The van der Waals surface area contributed by atoms with Crippen LogP contribution in [0.25, 0.3) is 0 Å². The fraction of sp³-hybridized carbons (Fsp3) is 0.455. The highest BCUT2D eigenvalue weighted by molar-refractivity contribution is 7.98. The zero-order valence-corrected chi connectivity index (χ0v) is 34.2. The molecule has 2 aliphatic carbocycles. The van der Waals surface area contributed by atoms with E-state index in [0.717, 1.165) is 46.4 Å². The molecular weight excluding hydrogens is 751 g/mol. The van der Waals surface area contributed by atoms with Crippen molar-refractivity contribution in [3.63, 3.8) is 0 Å². The van der Waals surface area contributed by atoms with Crippen LogP contribution in [-0.2, 0) is 25.6 Å². The molecule has 11 heteroatoms. The number of rotatable bonds is 12. The minimum Gasteiger partial charge on any atom is -0.349 e. The molecule has 3 aromatic carbocycles. The first-order valence-electron chi connectivity index (χ1n) is 19.4. The van der Waals surface area contributed by atoms with Crippen LogP contribution < -0.4 is 10.6 Å². The van der Waals surface area contributed by atoms with Crippen LogP contribution >= 0.6 is 35.0 Å². The van der Waals surface area contributed by atoms with Crippen molar-refractivity contribution in [3.05, 3.63) is 117 Å². The molecule has 2 saturated carbocycles. The molecule has 0 radical (unpaired) electrons. The van der Waals surface area contributed by atoms with E-state index >= 15 is 0 Å². The summed E-state index contributed by atoms with van der Waals surface area (Å²) in [5.41, 5.74) is 5.19. The Hall–Kier alpha value is -3.79. The molecule has 4 aliphatic rings. The molecule has 4 amide bonds. The lowest BCUT2D eigenvalue weighted by Gasteiger charge is -2.40. The molecule has 2 heterocycles. The van der Waals surface area contributed by atoms with Crippen molar-refractivity contribution in [2.45, 2.75) is 82.5 Å². The number of carbonyl (C=O) groups is 4. The maximum Gasteiger partial charge on any atom is 0.247 e. The molecule has 1 unspecified atom stereocenters. The highest BCUT2D eigenvalue weighted by Gasteiger charge is 2.50. The first-order valence-corrected chi connectivity index (χ1v) is 21.5. The Bertz CT molecular complexity index is 1950. The highest BCUT2D eigenvalue weighted by Crippen LogP contribution is 2.50. The third-order valence-corrected chi connectivity index (χ3v) is 12.8. The van der Waals surface area contributed by atoms with Gasteiger partial charge in [0.1, 0.15) is 12.1 Å². The van der Waals surface area contributed by atoms with Gasteiger partial charge in [0.25, 0.3) is 0 Å². The van der Waals surface area contributed by atoms with Crippen molar-refractivity contribution in [2.24, 2.45) is 17.8 Å². The van der Waals surface area contributed by atoms with Gasteiger partial charge in [-0.3, -0.25) is 19.2 Å². The maximum absolute atomic E-state index is 14.1. The van der Waals surface area contributed by atoms with Crippen molar-refractivity contribution in [1.82, 2.24) is 20.4 Å². The van der Waals surface area contributed by atoms with Gasteiger partial charge in [-0.25, -0.2) is 0 Å². The molecule has 55 heavy (non-hydrogen) atoms. The van der Waals surface area contributed by atoms with Gasteiger partial charge in [0.05, 0.1) is 12.1 Å². The Morgan fingerprint density at radius 2 is 1.42 bits per heavy atom. The van der Waals surface area contributed by atoms with E-state index in [0.29, 0.717) is 36.0 Å². The number of hydrogen-bond acceptors (Lipinski definition) is 5. The monoisotopic (exact) mass is 800 g/mol. The molecule has 7 rings (SSSR count). The Morgan fingerprint density at radius 1 is 0.818 bits per heavy atom. The summed E-state index contributed by atoms with van der Waals surface area (Å²) in [4.78, 5) is 59.0. The summed E-state index contributed by atoms with van der Waals surface area (Å²) < 4.78 is 0. The van der Waals surface area contributed by atoms with Gasteiger partial charge in [0.2, 0.25) is 23.6 Å². The van der Waals surface area contributed by atoms with Gasteiger partial charge in [0.15, 0.2) is 0 Å². The van der Waals surface area contributed by atoms with Crippen LogP contribution in [0, 0.1) is 17.8 Å². The standard InChI is InChI=1S/C44H50Cl2N4O4S/c1-25(2)16-39-42(52)48-38(23-50(39)44(54)37-21-35(37)29-10-14-32(46)15-11-29)30-7-5-6-27(19-30)17-26(3)18-40-41(51)47-33(24-55-4)22-49(40)43(53)36-20-34(36)28-8-12-31(45)13-9-28/h5-16,19,26,33-40H,17-18,20-24H2,1-4H3,(H,47,51)(H,48,52)/t26?,33-,34+,35+,36-,37-,38-,39+,40+/m1/s1. The second-order valence-electron chi connectivity index (χ2n) is 16.2. The molecule has 0 bridgehead atoms. The number of amides is 4. The number of carbonyl (C=O) groups excluding carboxylic acids is 4. The summed E-state index contributed by atoms with van der Waals surface area (Å²) in [7, 11) is 0. The molecule has 3 aromatic rings. The van der Waals surface area contributed by atoms with Gasteiger partial charge in [-0.05, 0) is 110 Å². The quantitative estimate of drug-likeness (QED) is 0.184. The molecule has 2 N–H and O–H groups in total. The van der Waals surface area contributed by atoms with E-state index in [4.69, 9.17) is 23.2 Å². The summed E-state index contributed by atoms with van der Waals surface area (Å²) in [6.07, 6.45) is 6.65. The van der Waals surface area contributed by atoms with Crippen LogP contribution in [0.15, 0.2) is 84.4 Å². The van der Waals surface area contributed by atoms with Gasteiger partial charge in [-0.15, -0.1) is 0 Å². The zero-order chi connectivity index (χ0) is 39.0. The lowest BCUT2D eigenvalue weighted by atomic mass is 9.90. The Kier molecular flexibility index (Phi) is 12.0. The molecule has 9 atom stereocenters. The van der Waals surface area contributed by atoms with Crippen molar-refractivity contribution in [2.75, 3.05) is 25.1 Å². The average molecular weight is 802 g/mol. The van der Waals surface area contributed by atoms with E-state index < -0.39 is 12.1 Å². The third kappa shape index (κ3) is 9.11. The second kappa shape index (κ2) is 16.7. The van der Waals surface area contributed by atoms with Crippen molar-refractivity contribution >= 4 is 58.6 Å². The van der Waals surface area contributed by atoms with E-state index in [1.54, 1.807) is 16.7 Å². The Balaban J connectivity index is 1.03. The van der Waals surface area contributed by atoms with E-state index in [1.807, 2.05) is 91.7 Å². The SMILES string of the molecule is CSC[C@H]1CN(C(=O)[C@@H]2C[C@H]2c2ccc(Cl)cc2)[C@@H](CC(C)Cc2cccc([C@H]3CN(C(=O)[C@@H]4C[C@H]4c4ccc(Cl)cc4)[C@@H](C=C(C)C)C(=O)N3)c2)C(=O)N1. The fourth-order valence-electron chi connectivity index (χ4n) is 8.60. The van der Waals surface area contributed by atoms with Gasteiger partial charge in [0, 0.05) is 40.7 Å². The smallest absolute Gasteiger partial charge is 0.247 e. The number of nitrogens with one attached hydrogen (secondary N) is 2. The minimum atomic E-state index is -0.664. The van der Waals surface area contributed by atoms with E-state index in [1.165, 1.54) is 0 Å². The molecule has 0 aromatic heterocycles. The lowest BCUT2D eigenvalue weighted by Crippen LogP contribution is -2.63. The lowest BCUT2D eigenvalue weighted by molar-refractivity contribution is -0.146. The van der Waals surface area contributed by atoms with E-state index in [-0.39, 0.29) is 65.3 Å². The third-order valence-electron chi connectivity index (χ3n) is 11.5. The van der Waals surface area contributed by atoms with Crippen molar-refractivity contribution in [3.8, 4) is 0 Å². The number of nitrogens with zero attached hydrogens (tertiary/aromatic N) is 2. The largest absolute Gasteiger partial charge is 0.349 e. The van der Waals surface area contributed by atoms with E-state index in [9.17, 15) is 19.2 Å². The maximum atomic E-state index is 14.1. The van der Waals surface area contributed by atoms with Gasteiger partial charge in [-0.2, -0.15) is 11.8 Å². The predicted molar refractivity (Wildman–Crippen MR) is 220 cm³/mol. The number of benzene rings is 3. The van der Waals surface area contributed by atoms with Gasteiger partial charge >= 0.3 is 0 Å². The molecule has 8 nitrogen and oxygen atoms in total. The molecule has 2 saturated heterocycles. The number of allylic oxidation sites excluding steroid dienone is 1. The molecule has 290 valence electrons. The highest BCUT2D eigenvalue weighted by atomic mass is 35.5. The molecule has 4 fully saturated rings. The van der Waals surface area contributed by atoms with Crippen molar-refractivity contribution in [1.29, 1.82) is 0 Å². The van der Waals surface area contributed by atoms with Crippen LogP contribution in [0.4, 0.5) is 0 Å². The fourth-order valence-corrected chi connectivity index (χ4v) is 9.44. The van der Waals surface area contributed by atoms with Crippen LogP contribution in [0.1, 0.15) is 80.2 Å². The Morgan fingerprint density at radius 3 is 2.00 bits per heavy atom. The second-order valence-corrected chi connectivity index (χ2v) is 18.0. The van der Waals surface area contributed by atoms with Crippen molar-refractivity contribution < 1.29 is 19.2 Å². The topological polar surface area (TPSA) is 98.8 Å². The predicted octanol–water partition coefficient (Wildman–Crippen LogP) is 7.56. The molecular formula is C44H50Cl2N4O4S. The van der Waals surface area contributed by atoms with Crippen LogP contribution in [0.5, 0.6) is 0 Å². The molecule has 2 aliphatic heterocycles. The number of piperazine rings is 2. The van der Waals surface area contributed by atoms with Gasteiger partial charge in [-0.1, -0.05) is 90.3 Å². The average Bonchev–Trinajstić information content (AvgIpc) is 4.09. The van der Waals surface area contributed by atoms with Crippen LogP contribution in [0.3, 0.4) is 0 Å². The molecule has 0 spiro atoms. The van der Waals surface area contributed by atoms with E-state index in [2.05, 4.69) is 29.7 Å². The normalized spacial score (nSPS) is 27.8. The summed E-state index contributed by atoms with van der Waals surface area (Å²) in [5.74, 6) is 0.587. The number of thioether (sulfide) groups is 1. The summed E-state index contributed by atoms with van der Waals surface area (Å²) in [6.45, 7) is 6.90. The van der Waals surface area contributed by atoms with Gasteiger partial charge < -0.3 is 20.4 Å². The Labute approximate surface area is 338 Å². The number of halogens is 2. The van der Waals surface area contributed by atoms with Crippen LogP contribution in [-0.4, -0.2) is 76.7 Å². The zero-order valence-electron chi connectivity index (χ0n) is 31.8.